The molecule has 0 spiro atoms. The number of allylic oxidation sites excluding steroid dienone is 1. The van der Waals surface area contributed by atoms with Crippen LogP contribution in [0.1, 0.15) is 11.1 Å². The van der Waals surface area contributed by atoms with Crippen LogP contribution in [-0.2, 0) is 16.0 Å². The Labute approximate surface area is 160 Å². The van der Waals surface area contributed by atoms with E-state index in [0.29, 0.717) is 22.6 Å². The van der Waals surface area contributed by atoms with Crippen molar-refractivity contribution in [3.05, 3.63) is 59.0 Å². The maximum Gasteiger partial charge on any atom is 0.205 e. The van der Waals surface area contributed by atoms with Crippen LogP contribution in [0.15, 0.2) is 47.9 Å². The van der Waals surface area contributed by atoms with Crippen molar-refractivity contribution in [1.82, 2.24) is 0 Å². The molecule has 1 atom stereocenters. The lowest BCUT2D eigenvalue weighted by atomic mass is 10.2. The van der Waals surface area contributed by atoms with Crippen LogP contribution in [0.3, 0.4) is 0 Å². The molecule has 0 amide bonds. The SMILES string of the molecule is COc1cc(C=CC(=O)C[S+]([O-])C=Cc2ccc(O)c(OC)c2)ccc1O. The Kier molecular flexibility index (Phi) is 7.34. The smallest absolute Gasteiger partial charge is 0.205 e. The molecule has 0 saturated heterocycles. The summed E-state index contributed by atoms with van der Waals surface area (Å²) in [6.45, 7) is 0. The fourth-order valence-electron chi connectivity index (χ4n) is 2.18. The summed E-state index contributed by atoms with van der Waals surface area (Å²) >= 11 is -1.48. The average molecular weight is 388 g/mol. The summed E-state index contributed by atoms with van der Waals surface area (Å²) in [6, 6.07) is 9.41. The molecular formula is C20H20O6S. The standard InChI is InChI=1S/C20H20O6S/c1-25-19-11-14(4-7-17(19)22)3-6-16(21)13-27(24)10-9-15-5-8-18(23)20(12-15)26-2/h3-12,22-23H,13H2,1-2H3. The van der Waals surface area contributed by atoms with Gasteiger partial charge in [0.2, 0.25) is 5.78 Å². The van der Waals surface area contributed by atoms with Crippen LogP contribution in [0.4, 0.5) is 0 Å². The van der Waals surface area contributed by atoms with Crippen molar-refractivity contribution >= 4 is 29.1 Å². The summed E-state index contributed by atoms with van der Waals surface area (Å²) in [5.74, 6) is 0.192. The van der Waals surface area contributed by atoms with Gasteiger partial charge in [-0.15, -0.1) is 0 Å². The van der Waals surface area contributed by atoms with Crippen LogP contribution in [0, 0.1) is 0 Å². The molecule has 2 aromatic rings. The molecule has 2 aromatic carbocycles. The van der Waals surface area contributed by atoms with E-state index in [9.17, 15) is 19.6 Å². The first-order valence-corrected chi connectivity index (χ1v) is 9.31. The van der Waals surface area contributed by atoms with Gasteiger partial charge in [-0.05, 0) is 58.7 Å². The summed E-state index contributed by atoms with van der Waals surface area (Å²) < 4.78 is 22.1. The molecule has 0 saturated carbocycles. The summed E-state index contributed by atoms with van der Waals surface area (Å²) in [7, 11) is 2.88. The Morgan fingerprint density at radius 1 is 1.00 bits per heavy atom. The molecule has 0 aliphatic heterocycles. The Morgan fingerprint density at radius 3 is 2.04 bits per heavy atom. The normalized spacial score (nSPS) is 12.4. The highest BCUT2D eigenvalue weighted by Gasteiger charge is 2.09. The summed E-state index contributed by atoms with van der Waals surface area (Å²) in [6.07, 6.45) is 4.50. The maximum atomic E-state index is 12.0. The second kappa shape index (κ2) is 9.70. The molecule has 27 heavy (non-hydrogen) atoms. The highest BCUT2D eigenvalue weighted by molar-refractivity contribution is 7.95. The van der Waals surface area contributed by atoms with Gasteiger partial charge in [0, 0.05) is 0 Å². The Hall–Kier alpha value is -2.90. The topological polar surface area (TPSA) is 99.1 Å². The number of aromatic hydroxyl groups is 2. The van der Waals surface area contributed by atoms with E-state index >= 15 is 0 Å². The van der Waals surface area contributed by atoms with E-state index in [1.807, 2.05) is 0 Å². The van der Waals surface area contributed by atoms with E-state index in [1.54, 1.807) is 36.4 Å². The lowest BCUT2D eigenvalue weighted by molar-refractivity contribution is -0.112. The number of phenolic OH excluding ortho intramolecular Hbond substituents is 2. The number of methoxy groups -OCH3 is 2. The van der Waals surface area contributed by atoms with E-state index in [-0.39, 0.29) is 23.0 Å². The molecule has 0 aliphatic rings. The number of phenols is 2. The third-order valence-corrected chi connectivity index (χ3v) is 4.57. The quantitative estimate of drug-likeness (QED) is 0.532. The number of carbonyl (C=O) groups is 1. The van der Waals surface area contributed by atoms with E-state index in [4.69, 9.17) is 9.47 Å². The minimum absolute atomic E-state index is 0.0121. The first-order valence-electron chi connectivity index (χ1n) is 7.93. The maximum absolute atomic E-state index is 12.0. The number of hydrogen-bond donors (Lipinski definition) is 2. The predicted octanol–water partition coefficient (Wildman–Crippen LogP) is 3.12. The van der Waals surface area contributed by atoms with Gasteiger partial charge in [0.1, 0.15) is 5.41 Å². The largest absolute Gasteiger partial charge is 0.612 e. The van der Waals surface area contributed by atoms with Crippen molar-refractivity contribution in [2.24, 2.45) is 0 Å². The molecule has 6 nitrogen and oxygen atoms in total. The van der Waals surface area contributed by atoms with Gasteiger partial charge in [-0.2, -0.15) is 0 Å². The lowest BCUT2D eigenvalue weighted by Gasteiger charge is -2.05. The Morgan fingerprint density at radius 2 is 1.52 bits per heavy atom. The molecule has 0 heterocycles. The summed E-state index contributed by atoms with van der Waals surface area (Å²) in [5, 5.41) is 20.5. The van der Waals surface area contributed by atoms with Gasteiger partial charge in [0.25, 0.3) is 0 Å². The van der Waals surface area contributed by atoms with Crippen molar-refractivity contribution in [3.8, 4) is 23.0 Å². The van der Waals surface area contributed by atoms with Gasteiger partial charge in [0.05, 0.1) is 14.2 Å². The third kappa shape index (κ3) is 6.09. The molecule has 0 fully saturated rings. The minimum atomic E-state index is -1.48. The van der Waals surface area contributed by atoms with Gasteiger partial charge in [-0.3, -0.25) is 4.79 Å². The average Bonchev–Trinajstić information content (AvgIpc) is 2.66. The highest BCUT2D eigenvalue weighted by atomic mass is 32.2. The summed E-state index contributed by atoms with van der Waals surface area (Å²) in [4.78, 5) is 12.0. The van der Waals surface area contributed by atoms with Crippen LogP contribution in [0.25, 0.3) is 12.2 Å². The minimum Gasteiger partial charge on any atom is -0.612 e. The molecule has 2 N–H and O–H groups in total. The van der Waals surface area contributed by atoms with Crippen LogP contribution in [0.2, 0.25) is 0 Å². The van der Waals surface area contributed by atoms with Crippen molar-refractivity contribution in [3.63, 3.8) is 0 Å². The molecule has 7 heteroatoms. The first kappa shape index (κ1) is 20.4. The van der Waals surface area contributed by atoms with Crippen LogP contribution in [-0.4, -0.2) is 40.5 Å². The number of carbonyl (C=O) groups excluding carboxylic acids is 1. The molecular weight excluding hydrogens is 368 g/mol. The van der Waals surface area contributed by atoms with Crippen molar-refractivity contribution in [2.45, 2.75) is 0 Å². The zero-order valence-corrected chi connectivity index (χ0v) is 15.7. The molecule has 0 bridgehead atoms. The monoisotopic (exact) mass is 388 g/mol. The van der Waals surface area contributed by atoms with E-state index in [1.165, 1.54) is 37.8 Å². The van der Waals surface area contributed by atoms with Crippen LogP contribution < -0.4 is 9.47 Å². The first-order chi connectivity index (χ1) is 12.9. The molecule has 142 valence electrons. The zero-order chi connectivity index (χ0) is 19.8. The lowest BCUT2D eigenvalue weighted by Crippen LogP contribution is -2.11. The van der Waals surface area contributed by atoms with Gasteiger partial charge >= 0.3 is 0 Å². The molecule has 0 aliphatic carbocycles. The number of hydrogen-bond acceptors (Lipinski definition) is 6. The zero-order valence-electron chi connectivity index (χ0n) is 14.9. The van der Waals surface area contributed by atoms with Crippen LogP contribution >= 0.6 is 0 Å². The predicted molar refractivity (Wildman–Crippen MR) is 105 cm³/mol. The van der Waals surface area contributed by atoms with E-state index < -0.39 is 11.2 Å². The fourth-order valence-corrected chi connectivity index (χ4v) is 2.96. The van der Waals surface area contributed by atoms with Crippen molar-refractivity contribution < 1.29 is 29.0 Å². The van der Waals surface area contributed by atoms with Crippen LogP contribution in [0.5, 0.6) is 23.0 Å². The van der Waals surface area contributed by atoms with E-state index in [2.05, 4.69) is 0 Å². The third-order valence-electron chi connectivity index (χ3n) is 3.57. The fraction of sp³-hybridized carbons (Fsp3) is 0.150. The van der Waals surface area contributed by atoms with Crippen molar-refractivity contribution in [1.29, 1.82) is 0 Å². The number of rotatable bonds is 8. The second-order valence-corrected chi connectivity index (χ2v) is 6.81. The highest BCUT2D eigenvalue weighted by Crippen LogP contribution is 2.27. The number of ether oxygens (including phenoxy) is 2. The Balaban J connectivity index is 1.95. The number of ketones is 1. The second-order valence-electron chi connectivity index (χ2n) is 5.49. The van der Waals surface area contributed by atoms with Gasteiger partial charge in [-0.1, -0.05) is 18.2 Å². The molecule has 0 radical (unpaired) electrons. The molecule has 0 aromatic heterocycles. The molecule has 1 unspecified atom stereocenters. The van der Waals surface area contributed by atoms with Crippen molar-refractivity contribution in [2.75, 3.05) is 20.0 Å². The van der Waals surface area contributed by atoms with Gasteiger partial charge < -0.3 is 24.2 Å². The summed E-state index contributed by atoms with van der Waals surface area (Å²) in [5.41, 5.74) is 1.37. The van der Waals surface area contributed by atoms with E-state index in [0.717, 1.165) is 0 Å². The van der Waals surface area contributed by atoms with Gasteiger partial charge in [-0.25, -0.2) is 0 Å². The Bertz CT molecular complexity index is 860. The molecule has 2 rings (SSSR count). The van der Waals surface area contributed by atoms with Gasteiger partial charge in [0.15, 0.2) is 28.8 Å². The number of benzene rings is 2.